The van der Waals surface area contributed by atoms with Crippen molar-refractivity contribution in [2.24, 2.45) is 5.41 Å². The molecule has 0 saturated heterocycles. The van der Waals surface area contributed by atoms with Gasteiger partial charge in [-0.3, -0.25) is 4.79 Å². The number of hydrogen-bond donors (Lipinski definition) is 2. The fourth-order valence-corrected chi connectivity index (χ4v) is 2.14. The van der Waals surface area contributed by atoms with Crippen LogP contribution in [0.2, 0.25) is 0 Å². The zero-order valence-corrected chi connectivity index (χ0v) is 13.7. The first-order valence-corrected chi connectivity index (χ1v) is 6.98. The van der Waals surface area contributed by atoms with E-state index in [0.717, 1.165) is 10.0 Å². The second kappa shape index (κ2) is 6.95. The van der Waals surface area contributed by atoms with E-state index in [1.54, 1.807) is 21.0 Å². The Balaban J connectivity index is 2.97. The first kappa shape index (κ1) is 16.8. The molecule has 112 valence electrons. The van der Waals surface area contributed by atoms with E-state index in [2.05, 4.69) is 21.2 Å². The lowest BCUT2D eigenvalue weighted by Gasteiger charge is -2.21. The lowest BCUT2D eigenvalue weighted by atomic mass is 9.95. The molecule has 1 rings (SSSR count). The molecule has 0 spiro atoms. The Kier molecular flexibility index (Phi) is 5.83. The molecule has 0 aliphatic rings. The summed E-state index contributed by atoms with van der Waals surface area (Å²) in [5.41, 5.74) is 0.0785. The number of methoxy groups -OCH3 is 1. The molecular formula is C14H20BrNO4. The van der Waals surface area contributed by atoms with Crippen LogP contribution in [0.1, 0.15) is 19.4 Å². The Morgan fingerprint density at radius 2 is 2.10 bits per heavy atom. The number of carboxylic acids is 1. The summed E-state index contributed by atoms with van der Waals surface area (Å²) in [7, 11) is 3.42. The molecule has 6 heteroatoms. The number of aliphatic carboxylic acids is 1. The molecular weight excluding hydrogens is 326 g/mol. The third-order valence-electron chi connectivity index (χ3n) is 2.83. The van der Waals surface area contributed by atoms with Gasteiger partial charge < -0.3 is 19.9 Å². The highest BCUT2D eigenvalue weighted by Gasteiger charge is 2.29. The van der Waals surface area contributed by atoms with E-state index < -0.39 is 11.4 Å². The van der Waals surface area contributed by atoms with Gasteiger partial charge >= 0.3 is 5.97 Å². The lowest BCUT2D eigenvalue weighted by Crippen LogP contribution is -2.30. The van der Waals surface area contributed by atoms with Crippen LogP contribution in [-0.2, 0) is 11.3 Å². The second-order valence-electron chi connectivity index (χ2n) is 5.12. The number of rotatable bonds is 7. The number of carboxylic acid groups (broad SMARTS) is 1. The Morgan fingerprint density at radius 1 is 1.45 bits per heavy atom. The van der Waals surface area contributed by atoms with Crippen molar-refractivity contribution in [2.75, 3.05) is 20.8 Å². The first-order chi connectivity index (χ1) is 9.31. The SMILES string of the molecule is CNCc1cc(Br)c(OCC(C)(C)C(=O)O)c(OC)c1. The minimum absolute atomic E-state index is 0.0582. The average molecular weight is 346 g/mol. The quantitative estimate of drug-likeness (QED) is 0.795. The van der Waals surface area contributed by atoms with Crippen LogP contribution in [0.3, 0.4) is 0 Å². The van der Waals surface area contributed by atoms with Gasteiger partial charge in [0.15, 0.2) is 11.5 Å². The van der Waals surface area contributed by atoms with Crippen LogP contribution in [0.5, 0.6) is 11.5 Å². The smallest absolute Gasteiger partial charge is 0.312 e. The van der Waals surface area contributed by atoms with Gasteiger partial charge in [-0.05, 0) is 54.5 Å². The molecule has 0 bridgehead atoms. The predicted octanol–water partition coefficient (Wildman–Crippen LogP) is 2.67. The molecule has 20 heavy (non-hydrogen) atoms. The molecule has 0 fully saturated rings. The molecule has 2 N–H and O–H groups in total. The van der Waals surface area contributed by atoms with E-state index in [9.17, 15) is 4.79 Å². The highest BCUT2D eigenvalue weighted by molar-refractivity contribution is 9.10. The second-order valence-corrected chi connectivity index (χ2v) is 5.97. The highest BCUT2D eigenvalue weighted by Crippen LogP contribution is 2.37. The molecule has 0 aromatic heterocycles. The van der Waals surface area contributed by atoms with Gasteiger partial charge in [0.2, 0.25) is 0 Å². The van der Waals surface area contributed by atoms with Crippen molar-refractivity contribution < 1.29 is 19.4 Å². The summed E-state index contributed by atoms with van der Waals surface area (Å²) in [5, 5.41) is 12.2. The summed E-state index contributed by atoms with van der Waals surface area (Å²) in [4.78, 5) is 11.1. The molecule has 0 atom stereocenters. The zero-order chi connectivity index (χ0) is 15.3. The van der Waals surface area contributed by atoms with Crippen LogP contribution in [0.4, 0.5) is 0 Å². The van der Waals surface area contributed by atoms with Gasteiger partial charge in [-0.2, -0.15) is 0 Å². The summed E-state index contributed by atoms with van der Waals surface area (Å²) >= 11 is 3.43. The van der Waals surface area contributed by atoms with Crippen LogP contribution < -0.4 is 14.8 Å². The summed E-state index contributed by atoms with van der Waals surface area (Å²) in [5.74, 6) is 0.187. The van der Waals surface area contributed by atoms with Crippen LogP contribution in [0.15, 0.2) is 16.6 Å². The Bertz CT molecular complexity index is 488. The number of halogens is 1. The molecule has 0 amide bonds. The summed E-state index contributed by atoms with van der Waals surface area (Å²) in [6.07, 6.45) is 0. The molecule has 0 radical (unpaired) electrons. The molecule has 1 aromatic carbocycles. The molecule has 5 nitrogen and oxygen atoms in total. The van der Waals surface area contributed by atoms with E-state index in [1.807, 2.05) is 19.2 Å². The van der Waals surface area contributed by atoms with Crippen molar-refractivity contribution >= 4 is 21.9 Å². The monoisotopic (exact) mass is 345 g/mol. The fraction of sp³-hybridized carbons (Fsp3) is 0.500. The minimum atomic E-state index is -0.964. The maximum atomic E-state index is 11.1. The van der Waals surface area contributed by atoms with E-state index in [0.29, 0.717) is 18.0 Å². The maximum absolute atomic E-state index is 11.1. The summed E-state index contributed by atoms with van der Waals surface area (Å²) in [6.45, 7) is 3.99. The van der Waals surface area contributed by atoms with Gasteiger partial charge in [-0.15, -0.1) is 0 Å². The maximum Gasteiger partial charge on any atom is 0.312 e. The summed E-state index contributed by atoms with van der Waals surface area (Å²) < 4.78 is 11.7. The number of hydrogen-bond acceptors (Lipinski definition) is 4. The Hall–Kier alpha value is -1.27. The lowest BCUT2D eigenvalue weighted by molar-refractivity contribution is -0.148. The predicted molar refractivity (Wildman–Crippen MR) is 80.4 cm³/mol. The average Bonchev–Trinajstić information content (AvgIpc) is 2.37. The topological polar surface area (TPSA) is 67.8 Å². The zero-order valence-electron chi connectivity index (χ0n) is 12.1. The summed E-state index contributed by atoms with van der Waals surface area (Å²) in [6, 6.07) is 3.78. The van der Waals surface area contributed by atoms with E-state index in [4.69, 9.17) is 14.6 Å². The van der Waals surface area contributed by atoms with Crippen molar-refractivity contribution in [2.45, 2.75) is 20.4 Å². The largest absolute Gasteiger partial charge is 0.493 e. The molecule has 0 heterocycles. The van der Waals surface area contributed by atoms with Gasteiger partial charge in [-0.25, -0.2) is 0 Å². The molecule has 0 aliphatic heterocycles. The van der Waals surface area contributed by atoms with Gasteiger partial charge in [-0.1, -0.05) is 0 Å². The number of ether oxygens (including phenoxy) is 2. The third kappa shape index (κ3) is 4.11. The van der Waals surface area contributed by atoms with Crippen LogP contribution in [0, 0.1) is 5.41 Å². The third-order valence-corrected chi connectivity index (χ3v) is 3.42. The standard InChI is InChI=1S/C14H20BrNO4/c1-14(2,13(17)18)8-20-12-10(15)5-9(7-16-3)6-11(12)19-4/h5-6,16H,7-8H2,1-4H3,(H,17,18). The van der Waals surface area contributed by atoms with Gasteiger partial charge in [0.25, 0.3) is 0 Å². The van der Waals surface area contributed by atoms with Crippen molar-refractivity contribution in [1.82, 2.24) is 5.32 Å². The first-order valence-electron chi connectivity index (χ1n) is 6.19. The number of benzene rings is 1. The minimum Gasteiger partial charge on any atom is -0.493 e. The Labute approximate surface area is 127 Å². The fourth-order valence-electron chi connectivity index (χ4n) is 1.53. The number of carbonyl (C=O) groups is 1. The van der Waals surface area contributed by atoms with Gasteiger partial charge in [0.05, 0.1) is 17.0 Å². The molecule has 0 unspecified atom stereocenters. The van der Waals surface area contributed by atoms with E-state index in [1.165, 1.54) is 0 Å². The molecule has 0 aliphatic carbocycles. The molecule has 1 aromatic rings. The number of nitrogens with one attached hydrogen (secondary N) is 1. The van der Waals surface area contributed by atoms with Crippen molar-refractivity contribution in [3.05, 3.63) is 22.2 Å². The van der Waals surface area contributed by atoms with Crippen LogP contribution in [0.25, 0.3) is 0 Å². The van der Waals surface area contributed by atoms with Crippen molar-refractivity contribution in [1.29, 1.82) is 0 Å². The van der Waals surface area contributed by atoms with Crippen LogP contribution in [-0.4, -0.2) is 31.8 Å². The normalized spacial score (nSPS) is 11.2. The van der Waals surface area contributed by atoms with Crippen molar-refractivity contribution in [3.8, 4) is 11.5 Å². The van der Waals surface area contributed by atoms with Gasteiger partial charge in [0.1, 0.15) is 6.61 Å². The highest BCUT2D eigenvalue weighted by atomic mass is 79.9. The molecule has 0 saturated carbocycles. The van der Waals surface area contributed by atoms with E-state index >= 15 is 0 Å². The van der Waals surface area contributed by atoms with Gasteiger partial charge in [0, 0.05) is 6.54 Å². The Morgan fingerprint density at radius 3 is 2.60 bits per heavy atom. The van der Waals surface area contributed by atoms with E-state index in [-0.39, 0.29) is 6.61 Å². The van der Waals surface area contributed by atoms with Crippen molar-refractivity contribution in [3.63, 3.8) is 0 Å². The van der Waals surface area contributed by atoms with Crippen LogP contribution >= 0.6 is 15.9 Å².